The number of carbonyl (C=O) groups excluding carboxylic acids is 1. The molecule has 7 heteroatoms. The first-order valence-electron chi connectivity index (χ1n) is 6.60. The minimum absolute atomic E-state index is 0.136. The molecule has 0 saturated carbocycles. The van der Waals surface area contributed by atoms with E-state index in [-0.39, 0.29) is 15.7 Å². The minimum Gasteiger partial charge on any atom is -0.370 e. The van der Waals surface area contributed by atoms with Crippen LogP contribution in [0.5, 0.6) is 0 Å². The van der Waals surface area contributed by atoms with Gasteiger partial charge in [0.2, 0.25) is 0 Å². The molecule has 110 valence electrons. The molecule has 0 unspecified atom stereocenters. The lowest BCUT2D eigenvalue weighted by molar-refractivity contribution is 0.103. The molecule has 0 radical (unpaired) electrons. The van der Waals surface area contributed by atoms with E-state index < -0.39 is 11.7 Å². The first-order chi connectivity index (χ1) is 10.2. The minimum atomic E-state index is -0.451. The fourth-order valence-electron chi connectivity index (χ4n) is 2.41. The highest BCUT2D eigenvalue weighted by molar-refractivity contribution is 7.12. The van der Waals surface area contributed by atoms with Crippen LogP contribution in [0.1, 0.15) is 22.5 Å². The van der Waals surface area contributed by atoms with Crippen molar-refractivity contribution in [3.05, 3.63) is 39.6 Å². The number of nitrogens with one attached hydrogen (secondary N) is 1. The van der Waals surface area contributed by atoms with Gasteiger partial charge in [0.1, 0.15) is 16.4 Å². The molecule has 1 saturated heterocycles. The number of carbonyl (C=O) groups is 1. The smallest absolute Gasteiger partial charge is 0.269 e. The molecule has 1 aliphatic rings. The molecule has 2 aromatic rings. The van der Waals surface area contributed by atoms with Gasteiger partial charge in [0.05, 0.1) is 11.2 Å². The monoisotopic (exact) mass is 325 g/mol. The molecule has 1 aliphatic heterocycles. The molecule has 2 heterocycles. The van der Waals surface area contributed by atoms with Gasteiger partial charge in [0, 0.05) is 13.1 Å². The van der Waals surface area contributed by atoms with E-state index in [9.17, 15) is 9.18 Å². The number of para-hydroxylation sites is 1. The summed E-state index contributed by atoms with van der Waals surface area (Å²) < 4.78 is 14.1. The Morgan fingerprint density at radius 2 is 2.14 bits per heavy atom. The van der Waals surface area contributed by atoms with E-state index in [0.717, 1.165) is 37.3 Å². The molecule has 21 heavy (non-hydrogen) atoms. The first-order valence-corrected chi connectivity index (χ1v) is 7.86. The average Bonchev–Trinajstić information content (AvgIpc) is 3.12. The summed E-state index contributed by atoms with van der Waals surface area (Å²) in [5, 5.41) is 2.77. The van der Waals surface area contributed by atoms with Gasteiger partial charge < -0.3 is 10.2 Å². The van der Waals surface area contributed by atoms with Crippen molar-refractivity contribution >= 4 is 40.2 Å². The number of hydrogen-bond acceptors (Lipinski definition) is 4. The number of thiazole rings is 1. The van der Waals surface area contributed by atoms with Gasteiger partial charge in [-0.1, -0.05) is 17.7 Å². The van der Waals surface area contributed by atoms with Gasteiger partial charge in [0.15, 0.2) is 5.15 Å². The fraction of sp³-hybridized carbons (Fsp3) is 0.286. The Labute approximate surface area is 130 Å². The highest BCUT2D eigenvalue weighted by Crippen LogP contribution is 2.32. The van der Waals surface area contributed by atoms with Gasteiger partial charge in [-0.3, -0.25) is 4.79 Å². The average molecular weight is 326 g/mol. The Morgan fingerprint density at radius 3 is 2.81 bits per heavy atom. The Kier molecular flexibility index (Phi) is 4.07. The number of hydrogen-bond donors (Lipinski definition) is 1. The molecule has 0 aliphatic carbocycles. The third-order valence-electron chi connectivity index (χ3n) is 3.41. The number of amides is 1. The van der Waals surface area contributed by atoms with Crippen molar-refractivity contribution < 1.29 is 9.18 Å². The third-order valence-corrected chi connectivity index (χ3v) is 4.63. The number of benzene rings is 1. The van der Waals surface area contributed by atoms with Crippen LogP contribution in [-0.4, -0.2) is 24.0 Å². The zero-order valence-corrected chi connectivity index (χ0v) is 12.7. The van der Waals surface area contributed by atoms with E-state index >= 15 is 0 Å². The number of halogens is 2. The molecule has 4 nitrogen and oxygen atoms in total. The standard InChI is InChI=1S/C14H13ClFN3OS/c15-13-12(21-8-17-13)14(20)18-11-9(16)4-3-5-10(11)19-6-1-2-7-19/h3-5,8H,1-2,6-7H2,(H,18,20). The number of anilines is 2. The summed E-state index contributed by atoms with van der Waals surface area (Å²) in [4.78, 5) is 18.4. The van der Waals surface area contributed by atoms with Crippen molar-refractivity contribution in [2.45, 2.75) is 12.8 Å². The van der Waals surface area contributed by atoms with E-state index in [2.05, 4.69) is 15.2 Å². The normalized spacial score (nSPS) is 14.5. The third kappa shape index (κ3) is 2.87. The van der Waals surface area contributed by atoms with Crippen LogP contribution in [0.2, 0.25) is 5.15 Å². The summed E-state index contributed by atoms with van der Waals surface area (Å²) >= 11 is 6.97. The lowest BCUT2D eigenvalue weighted by Crippen LogP contribution is -2.21. The summed E-state index contributed by atoms with van der Waals surface area (Å²) in [5.41, 5.74) is 2.40. The molecule has 1 N–H and O–H groups in total. The summed E-state index contributed by atoms with van der Waals surface area (Å²) in [5.74, 6) is -0.888. The van der Waals surface area contributed by atoms with Crippen LogP contribution in [0.25, 0.3) is 0 Å². The highest BCUT2D eigenvalue weighted by Gasteiger charge is 2.21. The molecule has 0 atom stereocenters. The second-order valence-corrected chi connectivity index (χ2v) is 5.97. The molecule has 1 fully saturated rings. The maximum Gasteiger partial charge on any atom is 0.269 e. The van der Waals surface area contributed by atoms with E-state index in [0.29, 0.717) is 5.69 Å². The molecular weight excluding hydrogens is 313 g/mol. The number of aromatic nitrogens is 1. The summed E-state index contributed by atoms with van der Waals surface area (Å²) in [6.07, 6.45) is 2.15. The van der Waals surface area contributed by atoms with Gasteiger partial charge in [-0.25, -0.2) is 9.37 Å². The van der Waals surface area contributed by atoms with Crippen molar-refractivity contribution in [1.29, 1.82) is 0 Å². The Hall–Kier alpha value is -1.66. The first kappa shape index (κ1) is 14.3. The predicted octanol–water partition coefficient (Wildman–Crippen LogP) is 3.79. The molecule has 1 aromatic carbocycles. The molecule has 0 spiro atoms. The number of rotatable bonds is 3. The molecule has 3 rings (SSSR count). The van der Waals surface area contributed by atoms with Crippen molar-refractivity contribution in [1.82, 2.24) is 4.98 Å². The summed E-state index contributed by atoms with van der Waals surface area (Å²) in [6, 6.07) is 4.81. The Bertz CT molecular complexity index is 670. The maximum absolute atomic E-state index is 14.1. The number of nitrogens with zero attached hydrogens (tertiary/aromatic N) is 2. The van der Waals surface area contributed by atoms with E-state index in [1.54, 1.807) is 6.07 Å². The van der Waals surface area contributed by atoms with Gasteiger partial charge in [-0.15, -0.1) is 11.3 Å². The Morgan fingerprint density at radius 1 is 1.38 bits per heavy atom. The summed E-state index contributed by atoms with van der Waals surface area (Å²) in [7, 11) is 0. The van der Waals surface area contributed by atoms with Crippen molar-refractivity contribution in [3.63, 3.8) is 0 Å². The van der Waals surface area contributed by atoms with Crippen molar-refractivity contribution in [2.75, 3.05) is 23.3 Å². The topological polar surface area (TPSA) is 45.2 Å². The van der Waals surface area contributed by atoms with E-state index in [1.165, 1.54) is 11.6 Å². The zero-order chi connectivity index (χ0) is 14.8. The lowest BCUT2D eigenvalue weighted by Gasteiger charge is -2.21. The largest absolute Gasteiger partial charge is 0.370 e. The second kappa shape index (κ2) is 5.99. The van der Waals surface area contributed by atoms with Crippen LogP contribution in [0.3, 0.4) is 0 Å². The van der Waals surface area contributed by atoms with Crippen LogP contribution < -0.4 is 10.2 Å². The quantitative estimate of drug-likeness (QED) is 0.934. The van der Waals surface area contributed by atoms with Crippen LogP contribution >= 0.6 is 22.9 Å². The maximum atomic E-state index is 14.1. The predicted molar refractivity (Wildman–Crippen MR) is 82.9 cm³/mol. The van der Waals surface area contributed by atoms with Gasteiger partial charge in [-0.2, -0.15) is 0 Å². The van der Waals surface area contributed by atoms with Crippen LogP contribution in [0.4, 0.5) is 15.8 Å². The SMILES string of the molecule is O=C(Nc1c(F)cccc1N1CCCC1)c1scnc1Cl. The molecule has 1 aromatic heterocycles. The van der Waals surface area contributed by atoms with Gasteiger partial charge >= 0.3 is 0 Å². The molecule has 0 bridgehead atoms. The lowest BCUT2D eigenvalue weighted by atomic mass is 10.2. The van der Waals surface area contributed by atoms with E-state index in [1.807, 2.05) is 6.07 Å². The van der Waals surface area contributed by atoms with Gasteiger partial charge in [0.25, 0.3) is 5.91 Å². The molecular formula is C14H13ClFN3OS. The fourth-order valence-corrected chi connectivity index (χ4v) is 3.31. The van der Waals surface area contributed by atoms with Crippen LogP contribution in [-0.2, 0) is 0 Å². The van der Waals surface area contributed by atoms with Crippen molar-refractivity contribution in [2.24, 2.45) is 0 Å². The van der Waals surface area contributed by atoms with Crippen LogP contribution in [0.15, 0.2) is 23.7 Å². The zero-order valence-electron chi connectivity index (χ0n) is 11.1. The van der Waals surface area contributed by atoms with Gasteiger partial charge in [-0.05, 0) is 25.0 Å². The highest BCUT2D eigenvalue weighted by atomic mass is 35.5. The Balaban J connectivity index is 1.91. The van der Waals surface area contributed by atoms with Crippen molar-refractivity contribution in [3.8, 4) is 0 Å². The molecule has 1 amide bonds. The van der Waals surface area contributed by atoms with Crippen LogP contribution in [0, 0.1) is 5.82 Å². The second-order valence-electron chi connectivity index (χ2n) is 4.75. The summed E-state index contributed by atoms with van der Waals surface area (Å²) in [6.45, 7) is 1.74. The van der Waals surface area contributed by atoms with E-state index in [4.69, 9.17) is 11.6 Å².